The van der Waals surface area contributed by atoms with Gasteiger partial charge >= 0.3 is 0 Å². The standard InChI is InChI=1S/C8H13N5/c1-7(2)12-8(3-9)4-13-6-10-5-11-13/h5-8,12H,4H2,1-2H3. The van der Waals surface area contributed by atoms with E-state index in [0.717, 1.165) is 0 Å². The predicted molar refractivity (Wildman–Crippen MR) is 47.7 cm³/mol. The third kappa shape index (κ3) is 3.22. The summed E-state index contributed by atoms with van der Waals surface area (Å²) in [5.41, 5.74) is 0. The Morgan fingerprint density at radius 3 is 2.85 bits per heavy atom. The fourth-order valence-electron chi connectivity index (χ4n) is 1.05. The highest BCUT2D eigenvalue weighted by atomic mass is 15.3. The van der Waals surface area contributed by atoms with Crippen LogP contribution in [0.2, 0.25) is 0 Å². The van der Waals surface area contributed by atoms with E-state index < -0.39 is 0 Å². The van der Waals surface area contributed by atoms with Crippen molar-refractivity contribution in [2.75, 3.05) is 0 Å². The molecule has 0 aromatic carbocycles. The van der Waals surface area contributed by atoms with Gasteiger partial charge in [-0.3, -0.25) is 10.00 Å². The van der Waals surface area contributed by atoms with Crippen LogP contribution in [-0.4, -0.2) is 26.8 Å². The topological polar surface area (TPSA) is 66.5 Å². The molecular formula is C8H13N5. The van der Waals surface area contributed by atoms with Gasteiger partial charge in [-0.05, 0) is 13.8 Å². The first-order chi connectivity index (χ1) is 6.22. The van der Waals surface area contributed by atoms with Crippen LogP contribution in [0.15, 0.2) is 12.7 Å². The molecule has 0 spiro atoms. The normalized spacial score (nSPS) is 12.8. The second-order valence-electron chi connectivity index (χ2n) is 3.12. The van der Waals surface area contributed by atoms with Gasteiger partial charge in [0.25, 0.3) is 0 Å². The summed E-state index contributed by atoms with van der Waals surface area (Å²) in [6.45, 7) is 4.55. The summed E-state index contributed by atoms with van der Waals surface area (Å²) in [7, 11) is 0. The van der Waals surface area contributed by atoms with Crippen LogP contribution in [0.5, 0.6) is 0 Å². The van der Waals surface area contributed by atoms with Crippen molar-refractivity contribution in [3.63, 3.8) is 0 Å². The Balaban J connectivity index is 2.46. The molecule has 1 heterocycles. The molecule has 5 nitrogen and oxygen atoms in total. The van der Waals surface area contributed by atoms with E-state index in [1.54, 1.807) is 11.0 Å². The lowest BCUT2D eigenvalue weighted by atomic mass is 10.3. The van der Waals surface area contributed by atoms with E-state index in [4.69, 9.17) is 5.26 Å². The van der Waals surface area contributed by atoms with Gasteiger partial charge in [-0.1, -0.05) is 0 Å². The molecule has 70 valence electrons. The van der Waals surface area contributed by atoms with Gasteiger partial charge < -0.3 is 0 Å². The lowest BCUT2D eigenvalue weighted by molar-refractivity contribution is 0.455. The van der Waals surface area contributed by atoms with Crippen molar-refractivity contribution in [1.82, 2.24) is 20.1 Å². The van der Waals surface area contributed by atoms with Crippen molar-refractivity contribution >= 4 is 0 Å². The van der Waals surface area contributed by atoms with Gasteiger partial charge in [0.15, 0.2) is 0 Å². The molecule has 1 aromatic heterocycles. The highest BCUT2D eigenvalue weighted by Crippen LogP contribution is 1.90. The summed E-state index contributed by atoms with van der Waals surface area (Å²) in [4.78, 5) is 3.80. The quantitative estimate of drug-likeness (QED) is 0.715. The van der Waals surface area contributed by atoms with Crippen molar-refractivity contribution in [3.05, 3.63) is 12.7 Å². The summed E-state index contributed by atoms with van der Waals surface area (Å²) in [6.07, 6.45) is 3.07. The Morgan fingerprint density at radius 1 is 1.62 bits per heavy atom. The minimum Gasteiger partial charge on any atom is -0.298 e. The van der Waals surface area contributed by atoms with E-state index in [9.17, 15) is 0 Å². The highest BCUT2D eigenvalue weighted by molar-refractivity contribution is 4.90. The maximum atomic E-state index is 8.80. The summed E-state index contributed by atoms with van der Waals surface area (Å²) in [5.74, 6) is 0. The molecule has 0 amide bonds. The zero-order valence-electron chi connectivity index (χ0n) is 7.81. The zero-order chi connectivity index (χ0) is 9.68. The summed E-state index contributed by atoms with van der Waals surface area (Å²) in [6, 6.07) is 2.26. The van der Waals surface area contributed by atoms with Gasteiger partial charge in [0.2, 0.25) is 0 Å². The maximum absolute atomic E-state index is 8.80. The monoisotopic (exact) mass is 179 g/mol. The molecule has 1 aromatic rings. The molecule has 0 bridgehead atoms. The Hall–Kier alpha value is -1.41. The summed E-state index contributed by atoms with van der Waals surface area (Å²) in [5, 5.41) is 15.8. The third-order valence-electron chi connectivity index (χ3n) is 1.53. The number of rotatable bonds is 4. The van der Waals surface area contributed by atoms with Crippen LogP contribution in [0.4, 0.5) is 0 Å². The predicted octanol–water partition coefficient (Wildman–Crippen LogP) is 0.168. The first-order valence-electron chi connectivity index (χ1n) is 4.20. The van der Waals surface area contributed by atoms with Gasteiger partial charge in [-0.25, -0.2) is 4.98 Å². The number of aromatic nitrogens is 3. The van der Waals surface area contributed by atoms with Crippen molar-refractivity contribution in [3.8, 4) is 6.07 Å². The van der Waals surface area contributed by atoms with Gasteiger partial charge in [0.05, 0.1) is 12.6 Å². The number of nitriles is 1. The van der Waals surface area contributed by atoms with Gasteiger partial charge in [0, 0.05) is 6.04 Å². The van der Waals surface area contributed by atoms with Crippen LogP contribution in [0.3, 0.4) is 0 Å². The fraction of sp³-hybridized carbons (Fsp3) is 0.625. The lowest BCUT2D eigenvalue weighted by Crippen LogP contribution is -2.36. The first-order valence-corrected chi connectivity index (χ1v) is 4.20. The number of nitrogens with zero attached hydrogens (tertiary/aromatic N) is 4. The Kier molecular flexibility index (Phi) is 3.41. The van der Waals surface area contributed by atoms with Crippen LogP contribution >= 0.6 is 0 Å². The molecule has 0 radical (unpaired) electrons. The van der Waals surface area contributed by atoms with E-state index >= 15 is 0 Å². The summed E-state index contributed by atoms with van der Waals surface area (Å²) >= 11 is 0. The molecule has 0 aliphatic rings. The minimum atomic E-state index is -0.207. The van der Waals surface area contributed by atoms with E-state index in [1.165, 1.54) is 6.33 Å². The average Bonchev–Trinajstić information content (AvgIpc) is 2.55. The smallest absolute Gasteiger partial charge is 0.137 e. The molecular weight excluding hydrogens is 166 g/mol. The van der Waals surface area contributed by atoms with E-state index in [1.807, 2.05) is 13.8 Å². The zero-order valence-corrected chi connectivity index (χ0v) is 7.81. The number of hydrogen-bond donors (Lipinski definition) is 1. The Bertz CT molecular complexity index is 271. The fourth-order valence-corrected chi connectivity index (χ4v) is 1.05. The molecule has 0 saturated carbocycles. The van der Waals surface area contributed by atoms with E-state index in [-0.39, 0.29) is 6.04 Å². The van der Waals surface area contributed by atoms with Crippen LogP contribution < -0.4 is 5.32 Å². The van der Waals surface area contributed by atoms with Crippen molar-refractivity contribution in [2.24, 2.45) is 0 Å². The largest absolute Gasteiger partial charge is 0.298 e. The molecule has 0 saturated heterocycles. The molecule has 5 heteroatoms. The van der Waals surface area contributed by atoms with Gasteiger partial charge in [0.1, 0.15) is 18.7 Å². The van der Waals surface area contributed by atoms with Crippen LogP contribution in [-0.2, 0) is 6.54 Å². The molecule has 1 N–H and O–H groups in total. The van der Waals surface area contributed by atoms with Gasteiger partial charge in [-0.15, -0.1) is 0 Å². The molecule has 1 atom stereocenters. The molecule has 0 aliphatic heterocycles. The van der Waals surface area contributed by atoms with Crippen molar-refractivity contribution in [1.29, 1.82) is 5.26 Å². The molecule has 1 rings (SSSR count). The van der Waals surface area contributed by atoms with Crippen molar-refractivity contribution < 1.29 is 0 Å². The molecule has 13 heavy (non-hydrogen) atoms. The maximum Gasteiger partial charge on any atom is 0.137 e. The minimum absolute atomic E-state index is 0.207. The molecule has 0 aliphatic carbocycles. The number of hydrogen-bond acceptors (Lipinski definition) is 4. The average molecular weight is 179 g/mol. The number of nitrogens with one attached hydrogen (secondary N) is 1. The van der Waals surface area contributed by atoms with E-state index in [0.29, 0.717) is 12.6 Å². The Morgan fingerprint density at radius 2 is 2.38 bits per heavy atom. The summed E-state index contributed by atoms with van der Waals surface area (Å²) < 4.78 is 1.64. The lowest BCUT2D eigenvalue weighted by Gasteiger charge is -2.13. The third-order valence-corrected chi connectivity index (χ3v) is 1.53. The van der Waals surface area contributed by atoms with Crippen LogP contribution in [0, 0.1) is 11.3 Å². The Labute approximate surface area is 77.4 Å². The highest BCUT2D eigenvalue weighted by Gasteiger charge is 2.08. The first kappa shape index (κ1) is 9.68. The molecule has 1 unspecified atom stereocenters. The van der Waals surface area contributed by atoms with Crippen LogP contribution in [0.25, 0.3) is 0 Å². The SMILES string of the molecule is CC(C)NC(C#N)Cn1cncn1. The van der Waals surface area contributed by atoms with Crippen LogP contribution in [0.1, 0.15) is 13.8 Å². The second kappa shape index (κ2) is 4.58. The second-order valence-corrected chi connectivity index (χ2v) is 3.12. The van der Waals surface area contributed by atoms with E-state index in [2.05, 4.69) is 21.5 Å². The van der Waals surface area contributed by atoms with Crippen molar-refractivity contribution in [2.45, 2.75) is 32.5 Å². The van der Waals surface area contributed by atoms with Gasteiger partial charge in [-0.2, -0.15) is 10.4 Å². The molecule has 0 fully saturated rings.